The van der Waals surface area contributed by atoms with E-state index < -0.39 is 29.3 Å². The van der Waals surface area contributed by atoms with Crippen LogP contribution >= 0.6 is 0 Å². The van der Waals surface area contributed by atoms with Crippen LogP contribution in [0.3, 0.4) is 0 Å². The number of ketones is 1. The molecule has 5 rings (SSSR count). The Balaban J connectivity index is 1.71. The molecule has 2 N–H and O–H groups in total. The molecule has 1 aliphatic heterocycles. The number of ether oxygens (including phenoxy) is 1. The van der Waals surface area contributed by atoms with Gasteiger partial charge in [0.15, 0.2) is 0 Å². The molecule has 0 spiro atoms. The first kappa shape index (κ1) is 22.3. The predicted molar refractivity (Wildman–Crippen MR) is 129 cm³/mol. The lowest BCUT2D eigenvalue weighted by atomic mass is 9.95. The second kappa shape index (κ2) is 8.72. The average molecular weight is 471 g/mol. The molecular weight excluding hydrogens is 449 g/mol. The Labute approximate surface area is 200 Å². The first-order valence-corrected chi connectivity index (χ1v) is 11.1. The standard InChI is InChI=1S/C27H22FN3O4/c1-15(2)35-17-9-7-8-16(14-17)24(32)22-23(18-10-3-4-11-19(18)28)31(26(34)25(22)33)27-29-20-12-5-6-13-21(20)30-27/h3-15,23,32H,1-2H3,(H,29,30)/b24-22+. The number of hydrogen-bond acceptors (Lipinski definition) is 5. The number of rotatable bonds is 5. The summed E-state index contributed by atoms with van der Waals surface area (Å²) in [7, 11) is 0. The van der Waals surface area contributed by atoms with Crippen molar-refractivity contribution in [2.45, 2.75) is 26.0 Å². The fraction of sp³-hybridized carbons (Fsp3) is 0.148. The summed E-state index contributed by atoms with van der Waals surface area (Å²) in [5.74, 6) is -2.34. The number of aromatic nitrogens is 2. The molecule has 176 valence electrons. The maximum absolute atomic E-state index is 15.0. The summed E-state index contributed by atoms with van der Waals surface area (Å²) in [5, 5.41) is 11.3. The molecule has 8 heteroatoms. The average Bonchev–Trinajstić information content (AvgIpc) is 3.37. The highest BCUT2D eigenvalue weighted by Gasteiger charge is 2.49. The van der Waals surface area contributed by atoms with Gasteiger partial charge < -0.3 is 14.8 Å². The summed E-state index contributed by atoms with van der Waals surface area (Å²) >= 11 is 0. The van der Waals surface area contributed by atoms with E-state index in [-0.39, 0.29) is 28.8 Å². The molecule has 1 atom stereocenters. The monoisotopic (exact) mass is 471 g/mol. The minimum absolute atomic E-state index is 0.0586. The van der Waals surface area contributed by atoms with Crippen molar-refractivity contribution >= 4 is 34.4 Å². The molecule has 0 saturated carbocycles. The molecule has 1 aliphatic rings. The molecule has 4 aromatic rings. The number of nitrogens with zero attached hydrogens (tertiary/aromatic N) is 2. The Bertz CT molecular complexity index is 1460. The third kappa shape index (κ3) is 3.93. The fourth-order valence-electron chi connectivity index (χ4n) is 4.24. The summed E-state index contributed by atoms with van der Waals surface area (Å²) in [6.07, 6.45) is -0.107. The first-order chi connectivity index (χ1) is 16.8. The number of aromatic amines is 1. The molecule has 1 amide bonds. The Kier molecular flexibility index (Phi) is 5.56. The van der Waals surface area contributed by atoms with Crippen molar-refractivity contribution in [1.82, 2.24) is 9.97 Å². The smallest absolute Gasteiger partial charge is 0.302 e. The van der Waals surface area contributed by atoms with Crippen molar-refractivity contribution in [3.05, 3.63) is 95.3 Å². The lowest BCUT2D eigenvalue weighted by Gasteiger charge is -2.23. The van der Waals surface area contributed by atoms with E-state index in [2.05, 4.69) is 9.97 Å². The maximum Gasteiger partial charge on any atom is 0.302 e. The van der Waals surface area contributed by atoms with Gasteiger partial charge in [-0.05, 0) is 44.2 Å². The van der Waals surface area contributed by atoms with Crippen molar-refractivity contribution in [3.63, 3.8) is 0 Å². The highest BCUT2D eigenvalue weighted by Crippen LogP contribution is 2.42. The van der Waals surface area contributed by atoms with Gasteiger partial charge in [-0.15, -0.1) is 0 Å². The molecule has 3 aromatic carbocycles. The van der Waals surface area contributed by atoms with Crippen molar-refractivity contribution in [2.75, 3.05) is 4.90 Å². The zero-order valence-electron chi connectivity index (χ0n) is 19.0. The SMILES string of the molecule is CC(C)Oc1cccc(/C(O)=C2\C(=O)C(=O)N(c3nc4ccccc4[nH]3)C2c2ccccc2F)c1. The van der Waals surface area contributed by atoms with Crippen LogP contribution in [0.2, 0.25) is 0 Å². The Hall–Kier alpha value is -4.46. The molecule has 35 heavy (non-hydrogen) atoms. The number of carbonyl (C=O) groups is 2. The lowest BCUT2D eigenvalue weighted by molar-refractivity contribution is -0.132. The number of imidazole rings is 1. The number of para-hydroxylation sites is 2. The number of amides is 1. The Morgan fingerprint density at radius 3 is 2.54 bits per heavy atom. The lowest BCUT2D eigenvalue weighted by Crippen LogP contribution is -2.30. The molecule has 0 radical (unpaired) electrons. The van der Waals surface area contributed by atoms with Gasteiger partial charge in [-0.25, -0.2) is 9.37 Å². The van der Waals surface area contributed by atoms with Crippen LogP contribution in [-0.2, 0) is 9.59 Å². The van der Waals surface area contributed by atoms with Gasteiger partial charge >= 0.3 is 5.91 Å². The number of nitrogens with one attached hydrogen (secondary N) is 1. The highest BCUT2D eigenvalue weighted by molar-refractivity contribution is 6.51. The van der Waals surface area contributed by atoms with Crippen LogP contribution in [0.25, 0.3) is 16.8 Å². The number of H-pyrrole nitrogens is 1. The van der Waals surface area contributed by atoms with Crippen molar-refractivity contribution in [3.8, 4) is 5.75 Å². The van der Waals surface area contributed by atoms with Crippen LogP contribution in [-0.4, -0.2) is 32.9 Å². The molecule has 7 nitrogen and oxygen atoms in total. The minimum Gasteiger partial charge on any atom is -0.507 e. The predicted octanol–water partition coefficient (Wildman–Crippen LogP) is 5.12. The normalized spacial score (nSPS) is 17.5. The number of benzene rings is 3. The molecule has 1 aromatic heterocycles. The zero-order valence-corrected chi connectivity index (χ0v) is 19.0. The van der Waals surface area contributed by atoms with Gasteiger partial charge in [-0.2, -0.15) is 0 Å². The van der Waals surface area contributed by atoms with E-state index in [4.69, 9.17) is 4.74 Å². The van der Waals surface area contributed by atoms with E-state index in [1.807, 2.05) is 13.8 Å². The second-order valence-electron chi connectivity index (χ2n) is 8.46. The number of halogens is 1. The molecular formula is C27H22FN3O4. The van der Waals surface area contributed by atoms with Crippen molar-refractivity contribution < 1.29 is 23.8 Å². The van der Waals surface area contributed by atoms with Gasteiger partial charge in [0.25, 0.3) is 5.78 Å². The largest absolute Gasteiger partial charge is 0.507 e. The molecule has 0 bridgehead atoms. The Morgan fingerprint density at radius 2 is 1.80 bits per heavy atom. The fourth-order valence-corrected chi connectivity index (χ4v) is 4.24. The number of Topliss-reactive ketones (excluding diaryl/α,β-unsaturated/α-hetero) is 1. The van der Waals surface area contributed by atoms with Crippen LogP contribution in [0.4, 0.5) is 10.3 Å². The summed E-state index contributed by atoms with van der Waals surface area (Å²) in [5.41, 5.74) is 1.32. The number of anilines is 1. The first-order valence-electron chi connectivity index (χ1n) is 11.1. The third-order valence-electron chi connectivity index (χ3n) is 5.73. The third-order valence-corrected chi connectivity index (χ3v) is 5.73. The summed E-state index contributed by atoms with van der Waals surface area (Å²) in [6, 6.07) is 18.3. The van der Waals surface area contributed by atoms with Crippen molar-refractivity contribution in [2.24, 2.45) is 0 Å². The number of aliphatic hydroxyl groups excluding tert-OH is 1. The molecule has 1 saturated heterocycles. The van der Waals surface area contributed by atoms with E-state index >= 15 is 4.39 Å². The van der Waals surface area contributed by atoms with Gasteiger partial charge in [0.2, 0.25) is 5.95 Å². The van der Waals surface area contributed by atoms with E-state index in [1.54, 1.807) is 54.6 Å². The number of aliphatic hydroxyl groups is 1. The molecule has 0 aliphatic carbocycles. The van der Waals surface area contributed by atoms with Gasteiger partial charge in [0.1, 0.15) is 23.4 Å². The number of fused-ring (bicyclic) bond motifs is 1. The van der Waals surface area contributed by atoms with Crippen LogP contribution in [0, 0.1) is 5.82 Å². The maximum atomic E-state index is 15.0. The van der Waals surface area contributed by atoms with Crippen LogP contribution in [0.1, 0.15) is 31.0 Å². The summed E-state index contributed by atoms with van der Waals surface area (Å²) < 4.78 is 20.7. The number of hydrogen-bond donors (Lipinski definition) is 2. The number of carbonyl (C=O) groups excluding carboxylic acids is 2. The van der Waals surface area contributed by atoms with Crippen molar-refractivity contribution in [1.29, 1.82) is 0 Å². The summed E-state index contributed by atoms with van der Waals surface area (Å²) in [6.45, 7) is 3.73. The quantitative estimate of drug-likeness (QED) is 0.239. The molecule has 1 fully saturated rings. The Morgan fingerprint density at radius 1 is 1.06 bits per heavy atom. The van der Waals surface area contributed by atoms with Crippen LogP contribution < -0.4 is 9.64 Å². The minimum atomic E-state index is -1.23. The van der Waals surface area contributed by atoms with Crippen LogP contribution in [0.5, 0.6) is 5.75 Å². The van der Waals surface area contributed by atoms with Gasteiger partial charge in [-0.3, -0.25) is 14.5 Å². The second-order valence-corrected chi connectivity index (χ2v) is 8.46. The topological polar surface area (TPSA) is 95.5 Å². The van der Waals surface area contributed by atoms with E-state index in [0.29, 0.717) is 16.8 Å². The molecule has 1 unspecified atom stereocenters. The van der Waals surface area contributed by atoms with Gasteiger partial charge in [-0.1, -0.05) is 42.5 Å². The van der Waals surface area contributed by atoms with E-state index in [9.17, 15) is 14.7 Å². The van der Waals surface area contributed by atoms with Crippen LogP contribution in [0.15, 0.2) is 78.4 Å². The molecule has 2 heterocycles. The van der Waals surface area contributed by atoms with Gasteiger partial charge in [0.05, 0.1) is 22.7 Å². The van der Waals surface area contributed by atoms with E-state index in [1.165, 1.54) is 18.2 Å². The highest BCUT2D eigenvalue weighted by atomic mass is 19.1. The zero-order chi connectivity index (χ0) is 24.7. The van der Waals surface area contributed by atoms with E-state index in [0.717, 1.165) is 4.90 Å². The summed E-state index contributed by atoms with van der Waals surface area (Å²) in [4.78, 5) is 35.1. The van der Waals surface area contributed by atoms with Gasteiger partial charge in [0, 0.05) is 11.1 Å².